The third kappa shape index (κ3) is 1.82. The van der Waals surface area contributed by atoms with Crippen molar-refractivity contribution < 1.29 is 4.74 Å². The van der Waals surface area contributed by atoms with Gasteiger partial charge in [0.2, 0.25) is 0 Å². The van der Waals surface area contributed by atoms with E-state index in [9.17, 15) is 0 Å². The van der Waals surface area contributed by atoms with Crippen molar-refractivity contribution in [2.24, 2.45) is 0 Å². The summed E-state index contributed by atoms with van der Waals surface area (Å²) in [6.45, 7) is 9.61. The molecule has 16 heavy (non-hydrogen) atoms. The Morgan fingerprint density at radius 1 is 1.19 bits per heavy atom. The first-order valence-electron chi connectivity index (χ1n) is 6.18. The number of ether oxygens (including phenoxy) is 1. The zero-order chi connectivity index (χ0) is 11.7. The van der Waals surface area contributed by atoms with Gasteiger partial charge in [0, 0.05) is 5.56 Å². The summed E-state index contributed by atoms with van der Waals surface area (Å²) in [7, 11) is 0. The lowest BCUT2D eigenvalue weighted by Crippen LogP contribution is -2.30. The summed E-state index contributed by atoms with van der Waals surface area (Å²) in [6.07, 6.45) is 1.33. The lowest BCUT2D eigenvalue weighted by molar-refractivity contribution is 0.186. The summed E-state index contributed by atoms with van der Waals surface area (Å²) in [5, 5.41) is 3.52. The van der Waals surface area contributed by atoms with Crippen LogP contribution in [0.3, 0.4) is 0 Å². The molecule has 0 bridgehead atoms. The molecule has 2 rings (SSSR count). The Balaban J connectivity index is 2.38. The molecule has 2 atom stereocenters. The minimum atomic E-state index is 0.288. The standard InChI is InChI=1S/C14H21NO/c1-5-12-14(15-6-2)11-7-9(3)10(4)8-13(11)16-12/h7-8,12,14-15H,5-6H2,1-4H3. The van der Waals surface area contributed by atoms with E-state index in [2.05, 4.69) is 45.1 Å². The van der Waals surface area contributed by atoms with Crippen molar-refractivity contribution in [1.29, 1.82) is 0 Å². The first-order valence-corrected chi connectivity index (χ1v) is 6.18. The maximum atomic E-state index is 5.99. The molecule has 0 saturated carbocycles. The van der Waals surface area contributed by atoms with E-state index in [-0.39, 0.29) is 6.10 Å². The predicted octanol–water partition coefficient (Wildman–Crippen LogP) is 3.13. The second-order valence-electron chi connectivity index (χ2n) is 4.57. The molecule has 0 amide bonds. The molecule has 1 aliphatic heterocycles. The Morgan fingerprint density at radius 2 is 1.88 bits per heavy atom. The fourth-order valence-electron chi connectivity index (χ4n) is 2.37. The molecule has 0 aliphatic carbocycles. The fourth-order valence-corrected chi connectivity index (χ4v) is 2.37. The van der Waals surface area contributed by atoms with Gasteiger partial charge in [-0.2, -0.15) is 0 Å². The van der Waals surface area contributed by atoms with Crippen LogP contribution in [0.25, 0.3) is 0 Å². The smallest absolute Gasteiger partial charge is 0.125 e. The van der Waals surface area contributed by atoms with Crippen LogP contribution in [0.2, 0.25) is 0 Å². The number of fused-ring (bicyclic) bond motifs is 1. The van der Waals surface area contributed by atoms with Gasteiger partial charge in [-0.1, -0.05) is 19.9 Å². The van der Waals surface area contributed by atoms with Gasteiger partial charge in [0.1, 0.15) is 11.9 Å². The molecule has 1 heterocycles. The van der Waals surface area contributed by atoms with Crippen molar-refractivity contribution in [2.45, 2.75) is 46.3 Å². The van der Waals surface area contributed by atoms with Crippen LogP contribution in [0.5, 0.6) is 5.75 Å². The monoisotopic (exact) mass is 219 g/mol. The highest BCUT2D eigenvalue weighted by Crippen LogP contribution is 2.39. The molecule has 0 radical (unpaired) electrons. The van der Waals surface area contributed by atoms with E-state index >= 15 is 0 Å². The SMILES string of the molecule is CCNC1c2cc(C)c(C)cc2OC1CC. The molecule has 0 fully saturated rings. The molecule has 2 unspecified atom stereocenters. The number of benzene rings is 1. The van der Waals surface area contributed by atoms with E-state index in [0.29, 0.717) is 6.04 Å². The first-order chi connectivity index (χ1) is 7.67. The maximum Gasteiger partial charge on any atom is 0.125 e. The number of hydrogen-bond donors (Lipinski definition) is 1. The molecule has 2 nitrogen and oxygen atoms in total. The van der Waals surface area contributed by atoms with Crippen molar-refractivity contribution in [1.82, 2.24) is 5.32 Å². The summed E-state index contributed by atoms with van der Waals surface area (Å²) in [5.74, 6) is 1.07. The minimum absolute atomic E-state index is 0.288. The predicted molar refractivity (Wildman–Crippen MR) is 67.0 cm³/mol. The molecule has 88 valence electrons. The Kier molecular flexibility index (Phi) is 3.20. The number of rotatable bonds is 3. The third-order valence-electron chi connectivity index (χ3n) is 3.44. The number of nitrogens with one attached hydrogen (secondary N) is 1. The Bertz CT molecular complexity index is 387. The van der Waals surface area contributed by atoms with E-state index in [0.717, 1.165) is 18.7 Å². The molecule has 1 aromatic carbocycles. The highest BCUT2D eigenvalue weighted by Gasteiger charge is 2.32. The highest BCUT2D eigenvalue weighted by atomic mass is 16.5. The fraction of sp³-hybridized carbons (Fsp3) is 0.571. The zero-order valence-corrected chi connectivity index (χ0v) is 10.6. The van der Waals surface area contributed by atoms with E-state index < -0.39 is 0 Å². The van der Waals surface area contributed by atoms with Crippen molar-refractivity contribution in [3.63, 3.8) is 0 Å². The number of aryl methyl sites for hydroxylation is 2. The quantitative estimate of drug-likeness (QED) is 0.843. The van der Waals surface area contributed by atoms with Crippen LogP contribution in [0, 0.1) is 13.8 Å². The van der Waals surface area contributed by atoms with Gasteiger partial charge in [0.05, 0.1) is 6.04 Å². The lowest BCUT2D eigenvalue weighted by Gasteiger charge is -2.18. The summed E-state index contributed by atoms with van der Waals surface area (Å²) < 4.78 is 5.99. The van der Waals surface area contributed by atoms with E-state index in [1.165, 1.54) is 16.7 Å². The second-order valence-corrected chi connectivity index (χ2v) is 4.57. The van der Waals surface area contributed by atoms with Gasteiger partial charge in [-0.15, -0.1) is 0 Å². The second kappa shape index (κ2) is 4.46. The van der Waals surface area contributed by atoms with E-state index in [1.54, 1.807) is 0 Å². The van der Waals surface area contributed by atoms with Gasteiger partial charge < -0.3 is 10.1 Å². The van der Waals surface area contributed by atoms with Gasteiger partial charge >= 0.3 is 0 Å². The van der Waals surface area contributed by atoms with Gasteiger partial charge in [0.25, 0.3) is 0 Å². The Labute approximate surface area is 98.0 Å². The zero-order valence-electron chi connectivity index (χ0n) is 10.6. The van der Waals surface area contributed by atoms with Crippen molar-refractivity contribution in [3.05, 3.63) is 28.8 Å². The molecular weight excluding hydrogens is 198 g/mol. The maximum absolute atomic E-state index is 5.99. The van der Waals surface area contributed by atoms with E-state index in [1.807, 2.05) is 0 Å². The van der Waals surface area contributed by atoms with Crippen LogP contribution >= 0.6 is 0 Å². The molecule has 0 aromatic heterocycles. The molecule has 0 spiro atoms. The average molecular weight is 219 g/mol. The van der Waals surface area contributed by atoms with Gasteiger partial charge in [-0.3, -0.25) is 0 Å². The van der Waals surface area contributed by atoms with Crippen molar-refractivity contribution >= 4 is 0 Å². The van der Waals surface area contributed by atoms with Crippen LogP contribution in [-0.2, 0) is 0 Å². The van der Waals surface area contributed by atoms with Crippen LogP contribution in [0.1, 0.15) is 43.0 Å². The largest absolute Gasteiger partial charge is 0.488 e. The van der Waals surface area contributed by atoms with Crippen LogP contribution in [0.15, 0.2) is 12.1 Å². The molecule has 1 aromatic rings. The first kappa shape index (κ1) is 11.5. The van der Waals surface area contributed by atoms with Gasteiger partial charge in [0.15, 0.2) is 0 Å². The molecule has 0 saturated heterocycles. The number of likely N-dealkylation sites (N-methyl/N-ethyl adjacent to an activating group) is 1. The van der Waals surface area contributed by atoms with Crippen molar-refractivity contribution in [2.75, 3.05) is 6.54 Å². The molecule has 1 N–H and O–H groups in total. The average Bonchev–Trinajstić information content (AvgIpc) is 2.58. The van der Waals surface area contributed by atoms with Gasteiger partial charge in [-0.05, 0) is 44.0 Å². The topological polar surface area (TPSA) is 21.3 Å². The molecular formula is C14H21NO. The summed E-state index contributed by atoms with van der Waals surface area (Å²) in [5.41, 5.74) is 3.99. The minimum Gasteiger partial charge on any atom is -0.488 e. The van der Waals surface area contributed by atoms with Gasteiger partial charge in [-0.25, -0.2) is 0 Å². The van der Waals surface area contributed by atoms with Crippen LogP contribution in [-0.4, -0.2) is 12.6 Å². The number of hydrogen-bond acceptors (Lipinski definition) is 2. The summed E-state index contributed by atoms with van der Waals surface area (Å²) in [6, 6.07) is 4.81. The lowest BCUT2D eigenvalue weighted by atomic mass is 9.98. The molecule has 1 aliphatic rings. The summed E-state index contributed by atoms with van der Waals surface area (Å²) >= 11 is 0. The Morgan fingerprint density at radius 3 is 2.50 bits per heavy atom. The normalized spacial score (nSPS) is 23.0. The summed E-state index contributed by atoms with van der Waals surface area (Å²) in [4.78, 5) is 0. The Hall–Kier alpha value is -1.02. The molecule has 2 heteroatoms. The van der Waals surface area contributed by atoms with Crippen molar-refractivity contribution in [3.8, 4) is 5.75 Å². The third-order valence-corrected chi connectivity index (χ3v) is 3.44. The van der Waals surface area contributed by atoms with Crippen LogP contribution < -0.4 is 10.1 Å². The van der Waals surface area contributed by atoms with E-state index in [4.69, 9.17) is 4.74 Å². The van der Waals surface area contributed by atoms with Crippen LogP contribution in [0.4, 0.5) is 0 Å². The highest BCUT2D eigenvalue weighted by molar-refractivity contribution is 5.46.